The zero-order valence-corrected chi connectivity index (χ0v) is 9.55. The lowest BCUT2D eigenvalue weighted by Crippen LogP contribution is -2.47. The first-order chi connectivity index (χ1) is 5.92. The highest BCUT2D eigenvalue weighted by atomic mass is 79.9. The lowest BCUT2D eigenvalue weighted by Gasteiger charge is -2.36. The molecular weight excluding hydrogens is 258 g/mol. The number of allylic oxidation sites excluding steroid dienone is 1. The second-order valence-corrected chi connectivity index (χ2v) is 5.34. The molecule has 0 aromatic heterocycles. The Kier molecular flexibility index (Phi) is 3.46. The van der Waals surface area contributed by atoms with Crippen molar-refractivity contribution in [3.63, 3.8) is 0 Å². The standard InChI is InChI=1S/C7H11BBrClO3/c1-13-7(10)4-2-3-6(9,5-7)8(11)12/h2-3,11-12H,4-5H2,1H3. The summed E-state index contributed by atoms with van der Waals surface area (Å²) < 4.78 is 4.19. The third kappa shape index (κ3) is 2.47. The van der Waals surface area contributed by atoms with Gasteiger partial charge in [0.15, 0.2) is 0 Å². The van der Waals surface area contributed by atoms with E-state index < -0.39 is 16.4 Å². The molecule has 0 radical (unpaired) electrons. The van der Waals surface area contributed by atoms with Crippen molar-refractivity contribution in [3.8, 4) is 0 Å². The topological polar surface area (TPSA) is 49.7 Å². The zero-order chi connectivity index (χ0) is 10.1. The Morgan fingerprint density at radius 3 is 2.69 bits per heavy atom. The third-order valence-corrected chi connectivity index (χ3v) is 3.54. The molecule has 2 N–H and O–H groups in total. The molecule has 0 amide bonds. The van der Waals surface area contributed by atoms with Gasteiger partial charge in [-0.15, -0.1) is 0 Å². The van der Waals surface area contributed by atoms with Gasteiger partial charge in [0.05, 0.1) is 4.22 Å². The minimum Gasteiger partial charge on any atom is -0.426 e. The van der Waals surface area contributed by atoms with Crippen LogP contribution in [0.25, 0.3) is 0 Å². The van der Waals surface area contributed by atoms with Gasteiger partial charge in [0.2, 0.25) is 0 Å². The van der Waals surface area contributed by atoms with E-state index >= 15 is 0 Å². The van der Waals surface area contributed by atoms with Crippen LogP contribution in [-0.2, 0) is 4.74 Å². The average Bonchev–Trinajstić information content (AvgIpc) is 2.04. The predicted molar refractivity (Wildman–Crippen MR) is 55.8 cm³/mol. The summed E-state index contributed by atoms with van der Waals surface area (Å²) in [6.07, 6.45) is 4.34. The van der Waals surface area contributed by atoms with E-state index in [9.17, 15) is 0 Å². The van der Waals surface area contributed by atoms with Crippen LogP contribution in [0.4, 0.5) is 0 Å². The highest BCUT2D eigenvalue weighted by molar-refractivity contribution is 9.10. The zero-order valence-electron chi connectivity index (χ0n) is 7.20. The number of hydrogen-bond donors (Lipinski definition) is 2. The van der Waals surface area contributed by atoms with E-state index in [0.29, 0.717) is 12.8 Å². The fraction of sp³-hybridized carbons (Fsp3) is 0.714. The molecule has 1 aliphatic rings. The van der Waals surface area contributed by atoms with Gasteiger partial charge in [-0.1, -0.05) is 39.7 Å². The smallest absolute Gasteiger partial charge is 0.426 e. The Balaban J connectivity index is 2.82. The summed E-state index contributed by atoms with van der Waals surface area (Å²) in [5.74, 6) is 0. The lowest BCUT2D eigenvalue weighted by molar-refractivity contribution is 0.0530. The highest BCUT2D eigenvalue weighted by Gasteiger charge is 2.46. The molecule has 6 heteroatoms. The Bertz CT molecular complexity index is 226. The van der Waals surface area contributed by atoms with Gasteiger partial charge in [-0.05, 0) is 0 Å². The fourth-order valence-corrected chi connectivity index (χ4v) is 2.41. The van der Waals surface area contributed by atoms with Crippen molar-refractivity contribution in [3.05, 3.63) is 12.2 Å². The van der Waals surface area contributed by atoms with E-state index in [1.54, 1.807) is 12.2 Å². The Morgan fingerprint density at radius 2 is 2.23 bits per heavy atom. The monoisotopic (exact) mass is 268 g/mol. The lowest BCUT2D eigenvalue weighted by atomic mass is 9.67. The molecule has 2 unspecified atom stereocenters. The number of halogens is 2. The molecule has 0 saturated heterocycles. The average molecular weight is 269 g/mol. The largest absolute Gasteiger partial charge is 0.473 e. The van der Waals surface area contributed by atoms with Crippen LogP contribution in [0.1, 0.15) is 12.8 Å². The first kappa shape index (κ1) is 11.5. The van der Waals surface area contributed by atoms with E-state index in [2.05, 4.69) is 15.9 Å². The second-order valence-electron chi connectivity index (χ2n) is 3.17. The number of alkyl halides is 2. The van der Waals surface area contributed by atoms with Crippen LogP contribution >= 0.6 is 27.5 Å². The summed E-state index contributed by atoms with van der Waals surface area (Å²) in [6, 6.07) is 0. The summed E-state index contributed by atoms with van der Waals surface area (Å²) in [7, 11) is 0.0147. The van der Waals surface area contributed by atoms with Gasteiger partial charge in [-0.3, -0.25) is 0 Å². The molecule has 0 spiro atoms. The molecule has 3 nitrogen and oxygen atoms in total. The Morgan fingerprint density at radius 1 is 1.62 bits per heavy atom. The number of hydrogen-bond acceptors (Lipinski definition) is 3. The molecule has 0 fully saturated rings. The maximum atomic E-state index is 9.11. The number of rotatable bonds is 2. The maximum Gasteiger partial charge on any atom is 0.473 e. The van der Waals surface area contributed by atoms with Crippen molar-refractivity contribution in [2.24, 2.45) is 0 Å². The first-order valence-electron chi connectivity index (χ1n) is 3.89. The van der Waals surface area contributed by atoms with Crippen LogP contribution < -0.4 is 0 Å². The van der Waals surface area contributed by atoms with E-state index in [4.69, 9.17) is 26.4 Å². The minimum atomic E-state index is -1.49. The minimum absolute atomic E-state index is 0.312. The maximum absolute atomic E-state index is 9.11. The van der Waals surface area contributed by atoms with Crippen LogP contribution in [-0.4, -0.2) is 33.6 Å². The number of methoxy groups -OCH3 is 1. The van der Waals surface area contributed by atoms with Gasteiger partial charge in [0.25, 0.3) is 0 Å². The van der Waals surface area contributed by atoms with Crippen LogP contribution in [0.5, 0.6) is 0 Å². The van der Waals surface area contributed by atoms with Crippen LogP contribution in [0.3, 0.4) is 0 Å². The SMILES string of the molecule is COC1(Cl)CC=CC(Br)(B(O)O)C1. The van der Waals surface area contributed by atoms with Crippen molar-refractivity contribution < 1.29 is 14.8 Å². The summed E-state index contributed by atoms with van der Waals surface area (Å²) in [6.45, 7) is 0. The quantitative estimate of drug-likeness (QED) is 0.448. The van der Waals surface area contributed by atoms with E-state index in [1.807, 2.05) is 0 Å². The van der Waals surface area contributed by atoms with Crippen molar-refractivity contribution in [2.45, 2.75) is 22.1 Å². The molecule has 0 aromatic carbocycles. The van der Waals surface area contributed by atoms with Gasteiger partial charge in [0, 0.05) is 20.0 Å². The predicted octanol–water partition coefficient (Wildman–Crippen LogP) is 1.06. The number of ether oxygens (including phenoxy) is 1. The van der Waals surface area contributed by atoms with Crippen molar-refractivity contribution >= 4 is 34.6 Å². The van der Waals surface area contributed by atoms with E-state index in [1.165, 1.54) is 7.11 Å². The van der Waals surface area contributed by atoms with Crippen molar-refractivity contribution in [2.75, 3.05) is 7.11 Å². The molecule has 0 bridgehead atoms. The van der Waals surface area contributed by atoms with Crippen LogP contribution in [0.15, 0.2) is 12.2 Å². The summed E-state index contributed by atoms with van der Waals surface area (Å²) in [4.78, 5) is 0. The van der Waals surface area contributed by atoms with E-state index in [-0.39, 0.29) is 0 Å². The van der Waals surface area contributed by atoms with Crippen molar-refractivity contribution in [1.82, 2.24) is 0 Å². The van der Waals surface area contributed by atoms with Gasteiger partial charge < -0.3 is 14.8 Å². The first-order valence-corrected chi connectivity index (χ1v) is 5.06. The van der Waals surface area contributed by atoms with Gasteiger partial charge in [-0.2, -0.15) is 0 Å². The third-order valence-electron chi connectivity index (χ3n) is 2.15. The summed E-state index contributed by atoms with van der Waals surface area (Å²) >= 11 is 9.29. The molecule has 0 aliphatic heterocycles. The summed E-state index contributed by atoms with van der Waals surface area (Å²) in [5, 5.41) is 17.4. The fourth-order valence-electron chi connectivity index (χ4n) is 1.30. The Labute approximate surface area is 91.0 Å². The van der Waals surface area contributed by atoms with Crippen molar-refractivity contribution in [1.29, 1.82) is 0 Å². The molecule has 13 heavy (non-hydrogen) atoms. The molecule has 0 saturated carbocycles. The molecule has 0 heterocycles. The van der Waals surface area contributed by atoms with E-state index in [0.717, 1.165) is 0 Å². The normalized spacial score (nSPS) is 39.2. The molecule has 0 aromatic rings. The van der Waals surface area contributed by atoms with Gasteiger partial charge in [0.1, 0.15) is 5.06 Å². The van der Waals surface area contributed by atoms with Gasteiger partial charge >= 0.3 is 7.12 Å². The molecule has 74 valence electrons. The molecule has 2 atom stereocenters. The highest BCUT2D eigenvalue weighted by Crippen LogP contribution is 2.41. The summed E-state index contributed by atoms with van der Waals surface area (Å²) in [5.41, 5.74) is 0. The second kappa shape index (κ2) is 3.91. The van der Waals surface area contributed by atoms with Crippen LogP contribution in [0, 0.1) is 0 Å². The van der Waals surface area contributed by atoms with Crippen LogP contribution in [0.2, 0.25) is 0 Å². The molecular formula is C7H11BBrClO3. The van der Waals surface area contributed by atoms with Gasteiger partial charge in [-0.25, -0.2) is 0 Å². The molecule has 1 rings (SSSR count). The molecule has 1 aliphatic carbocycles. The Hall–Kier alpha value is 0.455.